The van der Waals surface area contributed by atoms with Crippen molar-refractivity contribution in [1.29, 1.82) is 0 Å². The van der Waals surface area contributed by atoms with Crippen molar-refractivity contribution in [2.24, 2.45) is 0 Å². The van der Waals surface area contributed by atoms with Crippen molar-refractivity contribution in [3.8, 4) is 17.8 Å². The van der Waals surface area contributed by atoms with Crippen molar-refractivity contribution in [3.63, 3.8) is 0 Å². The van der Waals surface area contributed by atoms with E-state index in [0.29, 0.717) is 5.56 Å². The molecule has 0 bridgehead atoms. The summed E-state index contributed by atoms with van der Waals surface area (Å²) in [5.74, 6) is -1.60. The van der Waals surface area contributed by atoms with Crippen LogP contribution in [0.15, 0.2) is 34.8 Å². The Morgan fingerprint density at radius 1 is 1.04 bits per heavy atom. The van der Waals surface area contributed by atoms with Gasteiger partial charge in [0.15, 0.2) is 0 Å². The second-order valence-corrected chi connectivity index (χ2v) is 6.12. The zero-order valence-electron chi connectivity index (χ0n) is 15.1. The van der Waals surface area contributed by atoms with Crippen LogP contribution in [0, 0.1) is 0 Å². The van der Waals surface area contributed by atoms with E-state index in [-0.39, 0.29) is 17.8 Å². The second kappa shape index (κ2) is 9.72. The molecule has 0 radical (unpaired) electrons. The number of benzene rings is 1. The van der Waals surface area contributed by atoms with Crippen molar-refractivity contribution in [3.05, 3.63) is 40.4 Å². The topological polar surface area (TPSA) is 128 Å². The second-order valence-electron chi connectivity index (χ2n) is 5.20. The van der Waals surface area contributed by atoms with Crippen molar-refractivity contribution in [2.75, 3.05) is 14.2 Å². The van der Waals surface area contributed by atoms with Crippen LogP contribution in [0.25, 0.3) is 0 Å². The van der Waals surface area contributed by atoms with Gasteiger partial charge < -0.3 is 24.4 Å². The lowest BCUT2D eigenvalue weighted by atomic mass is 9.96. The number of carbonyl (C=O) groups is 2. The summed E-state index contributed by atoms with van der Waals surface area (Å²) in [5.41, 5.74) is -1.23. The molecule has 146 valence electrons. The highest BCUT2D eigenvalue weighted by molar-refractivity contribution is 9.10. The lowest BCUT2D eigenvalue weighted by molar-refractivity contribution is -0.155. The molecule has 1 heterocycles. The zero-order valence-corrected chi connectivity index (χ0v) is 16.7. The molecule has 0 aliphatic rings. The van der Waals surface area contributed by atoms with Crippen LogP contribution in [0.1, 0.15) is 19.4 Å². The van der Waals surface area contributed by atoms with Gasteiger partial charge in [-0.15, -0.1) is 0 Å². The average Bonchev–Trinajstić information content (AvgIpc) is 2.61. The number of nitrogens with zero attached hydrogens (tertiary/aromatic N) is 2. The maximum Gasteiger partial charge on any atom is 0.352 e. The zero-order chi connectivity index (χ0) is 20.6. The first kappa shape index (κ1) is 22.2. The molecule has 0 fully saturated rings. The molecule has 2 rings (SSSR count). The van der Waals surface area contributed by atoms with Crippen LogP contribution in [-0.2, 0) is 15.2 Å². The number of halogens is 1. The minimum atomic E-state index is -1.67. The number of aromatic nitrogens is 2. The normalized spacial score (nSPS) is 12.0. The third-order valence-corrected chi connectivity index (χ3v) is 3.70. The number of carboxylic acid groups (broad SMARTS) is 2. The first-order chi connectivity index (χ1) is 12.6. The van der Waals surface area contributed by atoms with Crippen molar-refractivity contribution >= 4 is 27.9 Å². The number of carboxylic acids is 2. The van der Waals surface area contributed by atoms with Crippen LogP contribution >= 0.6 is 15.9 Å². The molecule has 0 saturated carbocycles. The fraction of sp³-hybridized carbons (Fsp3) is 0.294. The van der Waals surface area contributed by atoms with Crippen LogP contribution in [0.4, 0.5) is 0 Å². The molecule has 9 nitrogen and oxygen atoms in total. The Morgan fingerprint density at radius 2 is 1.48 bits per heavy atom. The van der Waals surface area contributed by atoms with Gasteiger partial charge in [0, 0.05) is 17.0 Å². The molecule has 0 spiro atoms. The van der Waals surface area contributed by atoms with E-state index in [2.05, 4.69) is 25.9 Å². The summed E-state index contributed by atoms with van der Waals surface area (Å²) in [5, 5.41) is 17.0. The molecule has 27 heavy (non-hydrogen) atoms. The Balaban J connectivity index is 0.000000828. The maximum absolute atomic E-state index is 11.8. The third-order valence-electron chi connectivity index (χ3n) is 3.18. The molecule has 0 aliphatic heterocycles. The molecular formula is C17H19BrN2O7. The smallest absolute Gasteiger partial charge is 0.352 e. The lowest BCUT2D eigenvalue weighted by Gasteiger charge is -2.25. The summed E-state index contributed by atoms with van der Waals surface area (Å²) in [6, 6.07) is 8.06. The standard InChI is InChI=1S/C15H15BrN2O5.C2H4O2/c1-15(13(19)20,9-4-6-10(16)7-5-9)23-14-17-11(21-2)8-12(18-14)22-3;1-2(3)4/h4-8H,1-3H3,(H,19,20);1H3,(H,3,4). The largest absolute Gasteiger partial charge is 0.481 e. The Bertz CT molecular complexity index is 772. The molecule has 0 amide bonds. The summed E-state index contributed by atoms with van der Waals surface area (Å²) in [7, 11) is 2.85. The van der Waals surface area contributed by atoms with Gasteiger partial charge in [-0.1, -0.05) is 28.1 Å². The number of ether oxygens (including phenoxy) is 3. The monoisotopic (exact) mass is 442 g/mol. The highest BCUT2D eigenvalue weighted by Crippen LogP contribution is 2.30. The predicted molar refractivity (Wildman–Crippen MR) is 98.2 cm³/mol. The number of hydrogen-bond acceptors (Lipinski definition) is 7. The van der Waals surface area contributed by atoms with Gasteiger partial charge in [-0.25, -0.2) is 4.79 Å². The van der Waals surface area contributed by atoms with Gasteiger partial charge in [0.2, 0.25) is 17.4 Å². The minimum Gasteiger partial charge on any atom is -0.481 e. The van der Waals surface area contributed by atoms with Crippen LogP contribution < -0.4 is 14.2 Å². The highest BCUT2D eigenvalue weighted by atomic mass is 79.9. The van der Waals surface area contributed by atoms with E-state index in [1.54, 1.807) is 24.3 Å². The number of rotatable bonds is 6. The quantitative estimate of drug-likeness (QED) is 0.693. The van der Waals surface area contributed by atoms with E-state index < -0.39 is 17.5 Å². The Kier molecular flexibility index (Phi) is 7.98. The summed E-state index contributed by atoms with van der Waals surface area (Å²) in [4.78, 5) is 28.8. The molecule has 1 aromatic carbocycles. The van der Waals surface area contributed by atoms with Crippen LogP contribution in [0.2, 0.25) is 0 Å². The fourth-order valence-corrected chi connectivity index (χ4v) is 2.08. The molecule has 0 saturated heterocycles. The number of methoxy groups -OCH3 is 2. The molecular weight excluding hydrogens is 424 g/mol. The predicted octanol–water partition coefficient (Wildman–Crippen LogP) is 2.73. The van der Waals surface area contributed by atoms with E-state index in [1.165, 1.54) is 27.2 Å². The summed E-state index contributed by atoms with van der Waals surface area (Å²) < 4.78 is 16.5. The highest BCUT2D eigenvalue weighted by Gasteiger charge is 2.39. The van der Waals surface area contributed by atoms with Gasteiger partial charge in [-0.2, -0.15) is 9.97 Å². The van der Waals surface area contributed by atoms with Gasteiger partial charge in [0.1, 0.15) is 0 Å². The first-order valence-electron chi connectivity index (χ1n) is 7.47. The van der Waals surface area contributed by atoms with Gasteiger partial charge in [0.25, 0.3) is 5.97 Å². The minimum absolute atomic E-state index is 0.158. The van der Waals surface area contributed by atoms with Crippen LogP contribution in [-0.4, -0.2) is 46.3 Å². The van der Waals surface area contributed by atoms with E-state index in [9.17, 15) is 9.90 Å². The third kappa shape index (κ3) is 6.41. The average molecular weight is 443 g/mol. The number of hydrogen-bond donors (Lipinski definition) is 2. The summed E-state index contributed by atoms with van der Waals surface area (Å²) in [6.45, 7) is 2.51. The molecule has 1 atom stereocenters. The fourth-order valence-electron chi connectivity index (χ4n) is 1.82. The van der Waals surface area contributed by atoms with Crippen molar-refractivity contribution < 1.29 is 34.0 Å². The van der Waals surface area contributed by atoms with Gasteiger partial charge in [0.05, 0.1) is 20.3 Å². The summed E-state index contributed by atoms with van der Waals surface area (Å²) in [6.07, 6.45) is 0. The van der Waals surface area contributed by atoms with Gasteiger partial charge >= 0.3 is 12.0 Å². The van der Waals surface area contributed by atoms with Crippen molar-refractivity contribution in [2.45, 2.75) is 19.4 Å². The molecule has 0 aliphatic carbocycles. The Hall–Kier alpha value is -2.88. The van der Waals surface area contributed by atoms with Gasteiger partial charge in [-0.3, -0.25) is 4.79 Å². The molecule has 10 heteroatoms. The maximum atomic E-state index is 11.8. The molecule has 2 aromatic rings. The van der Waals surface area contributed by atoms with Crippen molar-refractivity contribution in [1.82, 2.24) is 9.97 Å². The SMILES string of the molecule is CC(=O)O.COc1cc(OC)nc(OC(C)(C(=O)O)c2ccc(Br)cc2)n1. The number of aliphatic carboxylic acids is 2. The summed E-state index contributed by atoms with van der Waals surface area (Å²) >= 11 is 3.31. The first-order valence-corrected chi connectivity index (χ1v) is 8.26. The Labute approximate surface area is 164 Å². The van der Waals surface area contributed by atoms with Crippen LogP contribution in [0.3, 0.4) is 0 Å². The molecule has 1 unspecified atom stereocenters. The van der Waals surface area contributed by atoms with E-state index >= 15 is 0 Å². The van der Waals surface area contributed by atoms with E-state index in [1.807, 2.05) is 0 Å². The molecule has 1 aromatic heterocycles. The van der Waals surface area contributed by atoms with E-state index in [4.69, 9.17) is 24.1 Å². The van der Waals surface area contributed by atoms with Gasteiger partial charge in [-0.05, 0) is 19.1 Å². The van der Waals surface area contributed by atoms with E-state index in [0.717, 1.165) is 11.4 Å². The lowest BCUT2D eigenvalue weighted by Crippen LogP contribution is -2.39. The molecule has 2 N–H and O–H groups in total. The Morgan fingerprint density at radius 3 is 1.85 bits per heavy atom. The van der Waals surface area contributed by atoms with Crippen LogP contribution in [0.5, 0.6) is 17.8 Å².